The summed E-state index contributed by atoms with van der Waals surface area (Å²) in [6, 6.07) is 8.44. The summed E-state index contributed by atoms with van der Waals surface area (Å²) >= 11 is 0. The first-order chi connectivity index (χ1) is 9.54. The molecule has 0 bridgehead atoms. The van der Waals surface area contributed by atoms with E-state index in [4.69, 9.17) is 5.73 Å². The molecule has 1 aromatic heterocycles. The lowest BCUT2D eigenvalue weighted by molar-refractivity contribution is 0.935. The molecule has 2 rings (SSSR count). The van der Waals surface area contributed by atoms with E-state index in [1.165, 1.54) is 11.1 Å². The molecule has 0 saturated carbocycles. The Bertz CT molecular complexity index is 582. The summed E-state index contributed by atoms with van der Waals surface area (Å²) in [7, 11) is 3.73. The third-order valence-electron chi connectivity index (χ3n) is 2.82. The maximum Gasteiger partial charge on any atom is 0.231 e. The Labute approximate surface area is 119 Å². The zero-order valence-electron chi connectivity index (χ0n) is 12.1. The van der Waals surface area contributed by atoms with Crippen LogP contribution in [0.4, 0.5) is 17.8 Å². The van der Waals surface area contributed by atoms with Gasteiger partial charge in [-0.15, -0.1) is 0 Å². The highest BCUT2D eigenvalue weighted by atomic mass is 15.3. The van der Waals surface area contributed by atoms with Crippen LogP contribution in [0.15, 0.2) is 24.3 Å². The lowest BCUT2D eigenvalue weighted by Crippen LogP contribution is -2.17. The predicted octanol–water partition coefficient (Wildman–Crippen LogP) is 1.48. The molecule has 0 amide bonds. The van der Waals surface area contributed by atoms with E-state index in [1.54, 1.807) is 4.90 Å². The monoisotopic (exact) mass is 272 g/mol. The normalized spacial score (nSPS) is 10.3. The average molecular weight is 272 g/mol. The van der Waals surface area contributed by atoms with Crippen molar-refractivity contribution in [1.29, 1.82) is 0 Å². The Hall–Kier alpha value is -2.37. The molecule has 0 spiro atoms. The number of anilines is 3. The summed E-state index contributed by atoms with van der Waals surface area (Å²) in [6.07, 6.45) is 0.907. The summed E-state index contributed by atoms with van der Waals surface area (Å²) < 4.78 is 0. The molecule has 6 nitrogen and oxygen atoms in total. The maximum absolute atomic E-state index is 5.67. The van der Waals surface area contributed by atoms with Gasteiger partial charge in [0.25, 0.3) is 0 Å². The van der Waals surface area contributed by atoms with E-state index in [0.717, 1.165) is 13.0 Å². The molecule has 0 unspecified atom stereocenters. The summed E-state index contributed by atoms with van der Waals surface area (Å²) in [6.45, 7) is 2.84. The molecule has 0 aliphatic heterocycles. The first-order valence-corrected chi connectivity index (χ1v) is 6.53. The van der Waals surface area contributed by atoms with Crippen LogP contribution in [0.1, 0.15) is 11.1 Å². The van der Waals surface area contributed by atoms with E-state index in [-0.39, 0.29) is 5.95 Å². The minimum Gasteiger partial charge on any atom is -0.368 e. The van der Waals surface area contributed by atoms with Crippen LogP contribution in [-0.2, 0) is 6.42 Å². The van der Waals surface area contributed by atoms with Crippen molar-refractivity contribution < 1.29 is 0 Å². The van der Waals surface area contributed by atoms with Gasteiger partial charge in [0.1, 0.15) is 0 Å². The van der Waals surface area contributed by atoms with Crippen LogP contribution in [-0.4, -0.2) is 35.6 Å². The van der Waals surface area contributed by atoms with Gasteiger partial charge in [0.05, 0.1) is 0 Å². The first kappa shape index (κ1) is 14.0. The molecule has 0 radical (unpaired) electrons. The van der Waals surface area contributed by atoms with Gasteiger partial charge in [-0.25, -0.2) is 0 Å². The standard InChI is InChI=1S/C14H20N6/c1-10-5-4-6-11(9-10)7-8-16-13-17-12(15)18-14(19-13)20(2)3/h4-6,9H,7-8H2,1-3H3,(H3,15,16,17,18,19). The Morgan fingerprint density at radius 2 is 2.00 bits per heavy atom. The van der Waals surface area contributed by atoms with Crippen molar-refractivity contribution in [3.63, 3.8) is 0 Å². The van der Waals surface area contributed by atoms with Crippen LogP contribution in [0.2, 0.25) is 0 Å². The van der Waals surface area contributed by atoms with Crippen molar-refractivity contribution in [2.75, 3.05) is 36.6 Å². The summed E-state index contributed by atoms with van der Waals surface area (Å²) in [5.74, 6) is 1.28. The van der Waals surface area contributed by atoms with E-state index in [0.29, 0.717) is 11.9 Å². The van der Waals surface area contributed by atoms with Crippen molar-refractivity contribution in [2.45, 2.75) is 13.3 Å². The van der Waals surface area contributed by atoms with Gasteiger partial charge in [0, 0.05) is 20.6 Å². The summed E-state index contributed by atoms with van der Waals surface area (Å²) in [5.41, 5.74) is 8.22. The molecular formula is C14H20N6. The second kappa shape index (κ2) is 6.18. The largest absolute Gasteiger partial charge is 0.368 e. The fraction of sp³-hybridized carbons (Fsp3) is 0.357. The highest BCUT2D eigenvalue weighted by Crippen LogP contribution is 2.09. The Morgan fingerprint density at radius 3 is 2.70 bits per heavy atom. The van der Waals surface area contributed by atoms with Crippen molar-refractivity contribution in [1.82, 2.24) is 15.0 Å². The number of benzene rings is 1. The zero-order chi connectivity index (χ0) is 14.5. The molecular weight excluding hydrogens is 252 g/mol. The molecule has 2 aromatic rings. The van der Waals surface area contributed by atoms with Crippen molar-refractivity contribution in [2.24, 2.45) is 0 Å². The van der Waals surface area contributed by atoms with Gasteiger partial charge >= 0.3 is 0 Å². The Morgan fingerprint density at radius 1 is 1.20 bits per heavy atom. The van der Waals surface area contributed by atoms with Crippen LogP contribution in [0.5, 0.6) is 0 Å². The number of aryl methyl sites for hydroxylation is 1. The van der Waals surface area contributed by atoms with Crippen LogP contribution in [0.3, 0.4) is 0 Å². The van der Waals surface area contributed by atoms with Gasteiger partial charge in [-0.3, -0.25) is 0 Å². The smallest absolute Gasteiger partial charge is 0.231 e. The number of nitrogen functional groups attached to an aromatic ring is 1. The minimum atomic E-state index is 0.224. The number of aromatic nitrogens is 3. The van der Waals surface area contributed by atoms with Gasteiger partial charge in [-0.05, 0) is 18.9 Å². The van der Waals surface area contributed by atoms with Crippen LogP contribution < -0.4 is 16.0 Å². The van der Waals surface area contributed by atoms with E-state index in [1.807, 2.05) is 14.1 Å². The number of nitrogens with one attached hydrogen (secondary N) is 1. The van der Waals surface area contributed by atoms with E-state index < -0.39 is 0 Å². The van der Waals surface area contributed by atoms with Crippen molar-refractivity contribution in [3.8, 4) is 0 Å². The zero-order valence-corrected chi connectivity index (χ0v) is 12.1. The molecule has 0 saturated heterocycles. The van der Waals surface area contributed by atoms with E-state index in [9.17, 15) is 0 Å². The van der Waals surface area contributed by atoms with Crippen LogP contribution in [0, 0.1) is 6.92 Å². The number of hydrogen-bond acceptors (Lipinski definition) is 6. The van der Waals surface area contributed by atoms with Gasteiger partial charge in [-0.1, -0.05) is 29.8 Å². The highest BCUT2D eigenvalue weighted by molar-refractivity contribution is 5.40. The van der Waals surface area contributed by atoms with E-state index >= 15 is 0 Å². The third-order valence-corrected chi connectivity index (χ3v) is 2.82. The second-order valence-electron chi connectivity index (χ2n) is 4.88. The SMILES string of the molecule is Cc1cccc(CCNc2nc(N)nc(N(C)C)n2)c1. The first-order valence-electron chi connectivity index (χ1n) is 6.53. The second-order valence-corrected chi connectivity index (χ2v) is 4.88. The number of nitrogens with zero attached hydrogens (tertiary/aromatic N) is 4. The van der Waals surface area contributed by atoms with E-state index in [2.05, 4.69) is 51.5 Å². The van der Waals surface area contributed by atoms with Crippen LogP contribution in [0.25, 0.3) is 0 Å². The molecule has 1 aromatic carbocycles. The Balaban J connectivity index is 1.97. The quantitative estimate of drug-likeness (QED) is 0.858. The lowest BCUT2D eigenvalue weighted by atomic mass is 10.1. The lowest BCUT2D eigenvalue weighted by Gasteiger charge is -2.12. The average Bonchev–Trinajstić information content (AvgIpc) is 2.38. The fourth-order valence-electron chi connectivity index (χ4n) is 1.85. The Kier molecular flexibility index (Phi) is 4.34. The molecule has 106 valence electrons. The molecule has 0 aliphatic rings. The topological polar surface area (TPSA) is 80.0 Å². The number of nitrogens with two attached hydrogens (primary N) is 1. The molecule has 0 atom stereocenters. The third kappa shape index (κ3) is 3.81. The van der Waals surface area contributed by atoms with Gasteiger partial charge in [0.15, 0.2) is 0 Å². The molecule has 0 fully saturated rings. The maximum atomic E-state index is 5.67. The highest BCUT2D eigenvalue weighted by Gasteiger charge is 2.05. The predicted molar refractivity (Wildman–Crippen MR) is 81.9 cm³/mol. The van der Waals surface area contributed by atoms with Crippen molar-refractivity contribution >= 4 is 17.8 Å². The van der Waals surface area contributed by atoms with Gasteiger partial charge < -0.3 is 16.0 Å². The summed E-state index contributed by atoms with van der Waals surface area (Å²) in [4.78, 5) is 14.2. The minimum absolute atomic E-state index is 0.224. The van der Waals surface area contributed by atoms with Gasteiger partial charge in [-0.2, -0.15) is 15.0 Å². The fourth-order valence-corrected chi connectivity index (χ4v) is 1.85. The molecule has 0 aliphatic carbocycles. The summed E-state index contributed by atoms with van der Waals surface area (Å²) in [5, 5.41) is 3.18. The molecule has 1 heterocycles. The molecule has 20 heavy (non-hydrogen) atoms. The van der Waals surface area contributed by atoms with Gasteiger partial charge in [0.2, 0.25) is 17.8 Å². The molecule has 6 heteroatoms. The van der Waals surface area contributed by atoms with Crippen molar-refractivity contribution in [3.05, 3.63) is 35.4 Å². The number of hydrogen-bond donors (Lipinski definition) is 2. The van der Waals surface area contributed by atoms with Crippen LogP contribution >= 0.6 is 0 Å². The number of rotatable bonds is 5. The molecule has 3 N–H and O–H groups in total.